The first-order chi connectivity index (χ1) is 13.1. The number of hydrogen-bond acceptors (Lipinski definition) is 5. The number of carbonyl (C=O) groups excluding carboxylic acids is 2. The minimum absolute atomic E-state index is 0.0259. The molecule has 160 valence electrons. The molecule has 3 amide bonds. The number of ether oxygens (including phenoxy) is 1. The summed E-state index contributed by atoms with van der Waals surface area (Å²) < 4.78 is 32.8. The van der Waals surface area contributed by atoms with Crippen molar-refractivity contribution in [2.24, 2.45) is 5.41 Å². The molecule has 0 aliphatic carbocycles. The monoisotopic (exact) mass is 422 g/mol. The first-order valence-corrected chi connectivity index (χ1v) is 10.8. The summed E-state index contributed by atoms with van der Waals surface area (Å²) in [6.45, 7) is 16.1. The molecular weight excluding hydrogens is 392 g/mol. The van der Waals surface area contributed by atoms with Crippen molar-refractivity contribution in [2.75, 3.05) is 0 Å². The van der Waals surface area contributed by atoms with Crippen LogP contribution in [0.4, 0.5) is 9.59 Å². The lowest BCUT2D eigenvalue weighted by Crippen LogP contribution is -2.49. The van der Waals surface area contributed by atoms with E-state index >= 15 is 0 Å². The number of nitrogens with zero attached hydrogens (tertiary/aromatic N) is 2. The molecule has 7 nitrogen and oxygen atoms in total. The van der Waals surface area contributed by atoms with Crippen molar-refractivity contribution in [1.29, 1.82) is 0 Å². The SMILES string of the molecule is C=CC1C(C(C)(C)C)N(C(=O)OC(C)(C)C)C(=O)N1S(=O)(=O)c1ccc(C)cc1. The van der Waals surface area contributed by atoms with Crippen LogP contribution in [0.2, 0.25) is 0 Å². The van der Waals surface area contributed by atoms with E-state index in [9.17, 15) is 18.0 Å². The molecule has 1 aromatic carbocycles. The van der Waals surface area contributed by atoms with Gasteiger partial charge in [-0.2, -0.15) is 0 Å². The van der Waals surface area contributed by atoms with Gasteiger partial charge in [-0.1, -0.05) is 44.5 Å². The van der Waals surface area contributed by atoms with E-state index in [2.05, 4.69) is 6.58 Å². The van der Waals surface area contributed by atoms with Gasteiger partial charge in [-0.15, -0.1) is 6.58 Å². The zero-order chi connectivity index (χ0) is 22.4. The van der Waals surface area contributed by atoms with Crippen LogP contribution < -0.4 is 0 Å². The number of urea groups is 1. The second-order valence-electron chi connectivity index (χ2n) is 9.28. The van der Waals surface area contributed by atoms with E-state index < -0.39 is 45.2 Å². The summed E-state index contributed by atoms with van der Waals surface area (Å²) in [6.07, 6.45) is 0.514. The van der Waals surface area contributed by atoms with Crippen LogP contribution in [0.25, 0.3) is 0 Å². The molecule has 1 saturated heterocycles. The van der Waals surface area contributed by atoms with Crippen molar-refractivity contribution in [2.45, 2.75) is 71.0 Å². The highest BCUT2D eigenvalue weighted by atomic mass is 32.2. The first-order valence-electron chi connectivity index (χ1n) is 9.41. The van der Waals surface area contributed by atoms with E-state index in [4.69, 9.17) is 4.74 Å². The van der Waals surface area contributed by atoms with Crippen molar-refractivity contribution >= 4 is 22.1 Å². The number of imide groups is 1. The predicted octanol–water partition coefficient (Wildman–Crippen LogP) is 4.33. The maximum absolute atomic E-state index is 13.3. The van der Waals surface area contributed by atoms with Gasteiger partial charge in [0.15, 0.2) is 0 Å². The van der Waals surface area contributed by atoms with Gasteiger partial charge < -0.3 is 4.74 Å². The van der Waals surface area contributed by atoms with Gasteiger partial charge in [-0.25, -0.2) is 27.2 Å². The van der Waals surface area contributed by atoms with E-state index in [-0.39, 0.29) is 4.90 Å². The first kappa shape index (κ1) is 22.9. The lowest BCUT2D eigenvalue weighted by atomic mass is 9.82. The zero-order valence-electron chi connectivity index (χ0n) is 18.1. The van der Waals surface area contributed by atoms with Gasteiger partial charge in [0.1, 0.15) is 5.60 Å². The molecule has 0 radical (unpaired) electrons. The third-order valence-corrected chi connectivity index (χ3v) is 6.35. The fourth-order valence-corrected chi connectivity index (χ4v) is 4.87. The molecule has 2 atom stereocenters. The summed E-state index contributed by atoms with van der Waals surface area (Å²) in [7, 11) is -4.21. The quantitative estimate of drug-likeness (QED) is 0.677. The molecule has 0 spiro atoms. The van der Waals surface area contributed by atoms with Crippen LogP contribution in [0.5, 0.6) is 0 Å². The van der Waals surface area contributed by atoms with Crippen molar-refractivity contribution in [1.82, 2.24) is 9.21 Å². The summed E-state index contributed by atoms with van der Waals surface area (Å²) in [5.74, 6) is 0. The fourth-order valence-electron chi connectivity index (χ4n) is 3.35. The van der Waals surface area contributed by atoms with Crippen molar-refractivity contribution in [3.8, 4) is 0 Å². The van der Waals surface area contributed by atoms with Crippen molar-refractivity contribution in [3.05, 3.63) is 42.5 Å². The number of amides is 3. The van der Waals surface area contributed by atoms with Gasteiger partial charge in [0, 0.05) is 0 Å². The van der Waals surface area contributed by atoms with Crippen molar-refractivity contribution in [3.63, 3.8) is 0 Å². The number of hydrogen-bond donors (Lipinski definition) is 0. The second-order valence-corrected chi connectivity index (χ2v) is 11.1. The van der Waals surface area contributed by atoms with Gasteiger partial charge in [-0.05, 0) is 45.2 Å². The molecule has 29 heavy (non-hydrogen) atoms. The standard InChI is InChI=1S/C21H30N2O5S/c1-9-16-17(20(3,4)5)22(19(25)28-21(6,7)8)18(24)23(16)29(26,27)15-12-10-14(2)11-13-15/h9-13,16-17H,1H2,2-8H3. The minimum atomic E-state index is -4.21. The summed E-state index contributed by atoms with van der Waals surface area (Å²) >= 11 is 0. The average molecular weight is 423 g/mol. The van der Waals surface area contributed by atoms with Crippen LogP contribution in [0.1, 0.15) is 47.1 Å². The van der Waals surface area contributed by atoms with Gasteiger partial charge >= 0.3 is 12.1 Å². The fraction of sp³-hybridized carbons (Fsp3) is 0.524. The van der Waals surface area contributed by atoms with E-state index in [1.807, 2.05) is 27.7 Å². The lowest BCUT2D eigenvalue weighted by molar-refractivity contribution is 0.0201. The normalized spacial score (nSPS) is 20.7. The Bertz CT molecular complexity index is 908. The number of benzene rings is 1. The van der Waals surface area contributed by atoms with Crippen LogP contribution in [-0.2, 0) is 14.8 Å². The third-order valence-electron chi connectivity index (χ3n) is 4.56. The third kappa shape index (κ3) is 4.47. The van der Waals surface area contributed by atoms with Gasteiger partial charge in [0.05, 0.1) is 17.0 Å². The molecule has 1 aromatic rings. The molecule has 1 aliphatic heterocycles. The Balaban J connectivity index is 2.61. The predicted molar refractivity (Wildman–Crippen MR) is 111 cm³/mol. The number of aryl methyl sites for hydroxylation is 1. The number of rotatable bonds is 3. The van der Waals surface area contributed by atoms with Crippen LogP contribution in [0, 0.1) is 12.3 Å². The Morgan fingerprint density at radius 1 is 1.10 bits per heavy atom. The molecule has 2 unspecified atom stereocenters. The van der Waals surface area contributed by atoms with E-state index in [0.29, 0.717) is 0 Å². The molecule has 0 bridgehead atoms. The van der Waals surface area contributed by atoms with Crippen LogP contribution >= 0.6 is 0 Å². The second kappa shape index (κ2) is 7.48. The molecule has 2 rings (SSSR count). The van der Waals surface area contributed by atoms with Crippen LogP contribution in [0.15, 0.2) is 41.8 Å². The molecule has 0 saturated carbocycles. The van der Waals surface area contributed by atoms with Crippen LogP contribution in [0.3, 0.4) is 0 Å². The molecule has 1 heterocycles. The topological polar surface area (TPSA) is 84.0 Å². The van der Waals surface area contributed by atoms with Gasteiger partial charge in [0.25, 0.3) is 10.0 Å². The summed E-state index contributed by atoms with van der Waals surface area (Å²) in [5.41, 5.74) is -0.574. The molecule has 8 heteroatoms. The molecule has 0 aromatic heterocycles. The van der Waals surface area contributed by atoms with Gasteiger partial charge in [-0.3, -0.25) is 0 Å². The van der Waals surface area contributed by atoms with Gasteiger partial charge in [0.2, 0.25) is 0 Å². The summed E-state index contributed by atoms with van der Waals surface area (Å²) in [6, 6.07) is 3.56. The minimum Gasteiger partial charge on any atom is -0.443 e. The van der Waals surface area contributed by atoms with E-state index in [1.54, 1.807) is 32.9 Å². The average Bonchev–Trinajstić information content (AvgIpc) is 2.87. The van der Waals surface area contributed by atoms with Crippen molar-refractivity contribution < 1.29 is 22.7 Å². The highest BCUT2D eigenvalue weighted by Crippen LogP contribution is 2.39. The maximum atomic E-state index is 13.3. The lowest BCUT2D eigenvalue weighted by Gasteiger charge is -2.35. The number of sulfonamides is 1. The Labute approximate surface area is 173 Å². The van der Waals surface area contributed by atoms with E-state index in [1.165, 1.54) is 18.2 Å². The molecule has 1 aliphatic rings. The molecule has 0 N–H and O–H groups in total. The Kier molecular flexibility index (Phi) is 5.91. The maximum Gasteiger partial charge on any atom is 0.418 e. The molecular formula is C21H30N2O5S. The zero-order valence-corrected chi connectivity index (χ0v) is 18.9. The summed E-state index contributed by atoms with van der Waals surface area (Å²) in [5, 5.41) is 0. The molecule has 1 fully saturated rings. The Hall–Kier alpha value is -2.35. The Morgan fingerprint density at radius 3 is 2.03 bits per heavy atom. The number of carbonyl (C=O) groups is 2. The van der Waals surface area contributed by atoms with Crippen LogP contribution in [-0.4, -0.2) is 47.4 Å². The smallest absolute Gasteiger partial charge is 0.418 e. The Morgan fingerprint density at radius 2 is 1.62 bits per heavy atom. The largest absolute Gasteiger partial charge is 0.443 e. The summed E-state index contributed by atoms with van der Waals surface area (Å²) in [4.78, 5) is 27.0. The highest BCUT2D eigenvalue weighted by Gasteiger charge is 2.57. The van der Waals surface area contributed by atoms with E-state index in [0.717, 1.165) is 14.8 Å². The highest BCUT2D eigenvalue weighted by molar-refractivity contribution is 7.89.